The van der Waals surface area contributed by atoms with Crippen molar-refractivity contribution in [2.24, 2.45) is 0 Å². The first-order chi connectivity index (χ1) is 8.44. The molecule has 0 bridgehead atoms. The van der Waals surface area contributed by atoms with Crippen molar-refractivity contribution in [3.05, 3.63) is 41.3 Å². The molecular formula is C13H17NO3S. The van der Waals surface area contributed by atoms with E-state index in [1.807, 2.05) is 19.1 Å². The summed E-state index contributed by atoms with van der Waals surface area (Å²) in [6.45, 7) is 2.02. The normalized spacial score (nSPS) is 23.1. The zero-order valence-electron chi connectivity index (χ0n) is 10.2. The summed E-state index contributed by atoms with van der Waals surface area (Å²) < 4.78 is 22.5. The second-order valence-electron chi connectivity index (χ2n) is 4.70. The molecule has 0 aromatic heterocycles. The lowest BCUT2D eigenvalue weighted by Gasteiger charge is -2.17. The van der Waals surface area contributed by atoms with Gasteiger partial charge >= 0.3 is 0 Å². The first-order valence-electron chi connectivity index (χ1n) is 5.89. The highest BCUT2D eigenvalue weighted by Gasteiger charge is 2.22. The molecule has 1 aromatic rings. The molecule has 0 radical (unpaired) electrons. The Balaban J connectivity index is 1.88. The fourth-order valence-corrected chi connectivity index (χ4v) is 3.34. The summed E-state index contributed by atoms with van der Waals surface area (Å²) >= 11 is 0. The summed E-state index contributed by atoms with van der Waals surface area (Å²) in [6.07, 6.45) is 2.49. The number of aromatic hydroxyl groups is 1. The highest BCUT2D eigenvalue weighted by atomic mass is 32.2. The van der Waals surface area contributed by atoms with Crippen LogP contribution in [-0.4, -0.2) is 31.4 Å². The SMILES string of the molecule is CC(Cc1ccc(O)cc1)NC1C=CS(=O)(=O)C1. The molecule has 2 N–H and O–H groups in total. The van der Waals surface area contributed by atoms with Crippen molar-refractivity contribution in [3.8, 4) is 5.75 Å². The van der Waals surface area contributed by atoms with Gasteiger partial charge in [-0.05, 0) is 31.0 Å². The van der Waals surface area contributed by atoms with E-state index in [1.165, 1.54) is 5.41 Å². The number of sulfone groups is 1. The first-order valence-corrected chi connectivity index (χ1v) is 7.61. The van der Waals surface area contributed by atoms with Gasteiger partial charge in [0.15, 0.2) is 9.84 Å². The fourth-order valence-electron chi connectivity index (χ4n) is 2.09. The predicted octanol–water partition coefficient (Wildman–Crippen LogP) is 1.22. The third-order valence-electron chi connectivity index (χ3n) is 2.91. The summed E-state index contributed by atoms with van der Waals surface area (Å²) in [4.78, 5) is 0. The van der Waals surface area contributed by atoms with Crippen molar-refractivity contribution in [1.82, 2.24) is 5.32 Å². The van der Waals surface area contributed by atoms with Crippen LogP contribution in [0.1, 0.15) is 12.5 Å². The van der Waals surface area contributed by atoms with Gasteiger partial charge in [0, 0.05) is 17.5 Å². The quantitative estimate of drug-likeness (QED) is 0.861. The maximum absolute atomic E-state index is 11.3. The van der Waals surface area contributed by atoms with Gasteiger partial charge < -0.3 is 10.4 Å². The van der Waals surface area contributed by atoms with E-state index in [9.17, 15) is 13.5 Å². The van der Waals surface area contributed by atoms with Crippen LogP contribution in [0.4, 0.5) is 0 Å². The van der Waals surface area contributed by atoms with E-state index in [1.54, 1.807) is 18.2 Å². The van der Waals surface area contributed by atoms with Crippen molar-refractivity contribution < 1.29 is 13.5 Å². The highest BCUT2D eigenvalue weighted by Crippen LogP contribution is 2.13. The molecule has 2 atom stereocenters. The zero-order chi connectivity index (χ0) is 13.2. The molecule has 0 aliphatic carbocycles. The molecule has 1 aliphatic heterocycles. The van der Waals surface area contributed by atoms with Gasteiger partial charge in [-0.25, -0.2) is 8.42 Å². The number of phenolic OH excluding ortho intramolecular Hbond substituents is 1. The predicted molar refractivity (Wildman–Crippen MR) is 71.1 cm³/mol. The molecule has 4 nitrogen and oxygen atoms in total. The summed E-state index contributed by atoms with van der Waals surface area (Å²) in [5.74, 6) is 0.400. The average molecular weight is 267 g/mol. The van der Waals surface area contributed by atoms with E-state index in [0.29, 0.717) is 0 Å². The standard InChI is InChI=1S/C13H17NO3S/c1-10(8-11-2-4-13(15)5-3-11)14-12-6-7-18(16,17)9-12/h2-7,10,12,14-15H,8-9H2,1H3. The second-order valence-corrected chi connectivity index (χ2v) is 6.63. The first kappa shape index (κ1) is 13.1. The Morgan fingerprint density at radius 3 is 2.61 bits per heavy atom. The third-order valence-corrected chi connectivity index (χ3v) is 4.30. The minimum absolute atomic E-state index is 0.0953. The van der Waals surface area contributed by atoms with Gasteiger partial charge in [-0.15, -0.1) is 0 Å². The van der Waals surface area contributed by atoms with Crippen LogP contribution in [0.3, 0.4) is 0 Å². The lowest BCUT2D eigenvalue weighted by Crippen LogP contribution is -2.38. The minimum Gasteiger partial charge on any atom is -0.508 e. The smallest absolute Gasteiger partial charge is 0.173 e. The molecule has 0 amide bonds. The van der Waals surface area contributed by atoms with Crippen molar-refractivity contribution >= 4 is 9.84 Å². The van der Waals surface area contributed by atoms with E-state index in [0.717, 1.165) is 12.0 Å². The summed E-state index contributed by atoms with van der Waals surface area (Å²) in [5, 5.41) is 13.7. The molecule has 1 aliphatic rings. The maximum atomic E-state index is 11.3. The molecule has 1 heterocycles. The molecule has 0 spiro atoms. The highest BCUT2D eigenvalue weighted by molar-refractivity contribution is 7.94. The van der Waals surface area contributed by atoms with Crippen molar-refractivity contribution in [3.63, 3.8) is 0 Å². The van der Waals surface area contributed by atoms with Crippen LogP contribution in [-0.2, 0) is 16.3 Å². The Labute approximate surface area is 107 Å². The lowest BCUT2D eigenvalue weighted by molar-refractivity contribution is 0.474. The average Bonchev–Trinajstić information content (AvgIpc) is 2.61. The van der Waals surface area contributed by atoms with Crippen molar-refractivity contribution in [1.29, 1.82) is 0 Å². The lowest BCUT2D eigenvalue weighted by atomic mass is 10.1. The number of hydrogen-bond donors (Lipinski definition) is 2. The minimum atomic E-state index is -3.00. The molecule has 0 saturated heterocycles. The van der Waals surface area contributed by atoms with Crippen LogP contribution in [0, 0.1) is 0 Å². The van der Waals surface area contributed by atoms with Crippen LogP contribution in [0.5, 0.6) is 5.75 Å². The topological polar surface area (TPSA) is 66.4 Å². The molecule has 0 fully saturated rings. The maximum Gasteiger partial charge on any atom is 0.173 e. The van der Waals surface area contributed by atoms with Crippen LogP contribution in [0.15, 0.2) is 35.7 Å². The summed E-state index contributed by atoms with van der Waals surface area (Å²) in [6, 6.07) is 7.13. The number of rotatable bonds is 4. The summed E-state index contributed by atoms with van der Waals surface area (Å²) in [7, 11) is -3.00. The molecule has 1 aromatic carbocycles. The number of phenols is 1. The van der Waals surface area contributed by atoms with E-state index < -0.39 is 9.84 Å². The Bertz CT molecular complexity index is 534. The van der Waals surface area contributed by atoms with Crippen LogP contribution in [0.2, 0.25) is 0 Å². The van der Waals surface area contributed by atoms with Gasteiger partial charge in [0.1, 0.15) is 5.75 Å². The van der Waals surface area contributed by atoms with Crippen molar-refractivity contribution in [2.75, 3.05) is 5.75 Å². The van der Waals surface area contributed by atoms with Gasteiger partial charge in [0.25, 0.3) is 0 Å². The molecule has 0 saturated carbocycles. The summed E-state index contributed by atoms with van der Waals surface area (Å²) in [5.41, 5.74) is 1.11. The Morgan fingerprint density at radius 1 is 1.39 bits per heavy atom. The van der Waals surface area contributed by atoms with E-state index >= 15 is 0 Å². The van der Waals surface area contributed by atoms with Crippen LogP contribution >= 0.6 is 0 Å². The Kier molecular flexibility index (Phi) is 3.73. The second kappa shape index (κ2) is 5.12. The monoisotopic (exact) mass is 267 g/mol. The zero-order valence-corrected chi connectivity index (χ0v) is 11.0. The molecule has 98 valence electrons. The van der Waals surface area contributed by atoms with Gasteiger partial charge in [-0.2, -0.15) is 0 Å². The van der Waals surface area contributed by atoms with E-state index in [2.05, 4.69) is 5.32 Å². The largest absolute Gasteiger partial charge is 0.508 e. The molecule has 2 unspecified atom stereocenters. The number of nitrogens with one attached hydrogen (secondary N) is 1. The number of benzene rings is 1. The number of hydrogen-bond acceptors (Lipinski definition) is 4. The molecule has 5 heteroatoms. The van der Waals surface area contributed by atoms with Crippen LogP contribution < -0.4 is 5.32 Å². The molecular weight excluding hydrogens is 250 g/mol. The van der Waals surface area contributed by atoms with Gasteiger partial charge in [0.05, 0.1) is 5.75 Å². The van der Waals surface area contributed by atoms with Crippen molar-refractivity contribution in [2.45, 2.75) is 25.4 Å². The van der Waals surface area contributed by atoms with E-state index in [4.69, 9.17) is 0 Å². The van der Waals surface area contributed by atoms with Crippen LogP contribution in [0.25, 0.3) is 0 Å². The van der Waals surface area contributed by atoms with Gasteiger partial charge in [0.2, 0.25) is 0 Å². The Hall–Kier alpha value is -1.33. The fraction of sp³-hybridized carbons (Fsp3) is 0.385. The van der Waals surface area contributed by atoms with E-state index in [-0.39, 0.29) is 23.6 Å². The van der Waals surface area contributed by atoms with Gasteiger partial charge in [-0.1, -0.05) is 18.2 Å². The third kappa shape index (κ3) is 3.58. The Morgan fingerprint density at radius 2 is 2.06 bits per heavy atom. The molecule has 2 rings (SSSR count). The molecule has 18 heavy (non-hydrogen) atoms. The van der Waals surface area contributed by atoms with Gasteiger partial charge in [-0.3, -0.25) is 0 Å².